The number of piperidine rings is 1. The second-order valence-electron chi connectivity index (χ2n) is 9.88. The number of amides is 3. The molecule has 2 aliphatic rings. The summed E-state index contributed by atoms with van der Waals surface area (Å²) in [6, 6.07) is 0. The van der Waals surface area contributed by atoms with Gasteiger partial charge in [-0.2, -0.15) is 0 Å². The van der Waals surface area contributed by atoms with Crippen LogP contribution in [0.4, 0.5) is 9.59 Å². The maximum atomic E-state index is 12.9. The molecular formula is C22H32N4O5. The third-order valence-corrected chi connectivity index (χ3v) is 4.85. The van der Waals surface area contributed by atoms with E-state index in [9.17, 15) is 14.4 Å². The van der Waals surface area contributed by atoms with Crippen molar-refractivity contribution in [3.8, 4) is 0 Å². The topological polar surface area (TPSA) is 94.0 Å². The van der Waals surface area contributed by atoms with Gasteiger partial charge in [0.25, 0.3) is 5.91 Å². The van der Waals surface area contributed by atoms with Crippen LogP contribution in [0.5, 0.6) is 0 Å². The van der Waals surface area contributed by atoms with Gasteiger partial charge in [0.1, 0.15) is 11.2 Å². The van der Waals surface area contributed by atoms with Crippen molar-refractivity contribution in [2.45, 2.75) is 78.7 Å². The maximum absolute atomic E-state index is 12.9. The van der Waals surface area contributed by atoms with Crippen LogP contribution in [-0.4, -0.2) is 61.7 Å². The number of hydrogen-bond donors (Lipinski definition) is 0. The highest BCUT2D eigenvalue weighted by Gasteiger charge is 2.33. The molecular weight excluding hydrogens is 400 g/mol. The van der Waals surface area contributed by atoms with Crippen molar-refractivity contribution in [1.29, 1.82) is 0 Å². The van der Waals surface area contributed by atoms with Gasteiger partial charge in [0.15, 0.2) is 0 Å². The number of fused-ring (bicyclic) bond motifs is 1. The Labute approximate surface area is 183 Å². The highest BCUT2D eigenvalue weighted by atomic mass is 16.6. The molecule has 1 saturated heterocycles. The molecule has 0 N–H and O–H groups in total. The zero-order chi connectivity index (χ0) is 23.0. The summed E-state index contributed by atoms with van der Waals surface area (Å²) in [6.07, 6.45) is 3.66. The first-order chi connectivity index (χ1) is 14.3. The van der Waals surface area contributed by atoms with Gasteiger partial charge in [-0.15, -0.1) is 0 Å². The molecule has 0 spiro atoms. The van der Waals surface area contributed by atoms with Crippen LogP contribution in [0.25, 0.3) is 6.08 Å². The lowest BCUT2D eigenvalue weighted by Crippen LogP contribution is -2.44. The Balaban J connectivity index is 1.78. The molecule has 0 radical (unpaired) electrons. The summed E-state index contributed by atoms with van der Waals surface area (Å²) < 4.78 is 12.8. The van der Waals surface area contributed by atoms with E-state index in [0.29, 0.717) is 50.3 Å². The van der Waals surface area contributed by atoms with E-state index >= 15 is 0 Å². The average molecular weight is 433 g/mol. The highest BCUT2D eigenvalue weighted by molar-refractivity contribution is 6.05. The summed E-state index contributed by atoms with van der Waals surface area (Å²) in [5, 5.41) is 0. The number of ether oxygens (including phenoxy) is 2. The van der Waals surface area contributed by atoms with Gasteiger partial charge in [-0.05, 0) is 60.5 Å². The minimum absolute atomic E-state index is 0.332. The fourth-order valence-electron chi connectivity index (χ4n) is 3.48. The molecule has 1 aromatic heterocycles. The van der Waals surface area contributed by atoms with Crippen LogP contribution in [0.15, 0.2) is 11.9 Å². The quantitative estimate of drug-likeness (QED) is 0.630. The monoisotopic (exact) mass is 432 g/mol. The SMILES string of the molecule is CC(C)(C)OC(=O)N1CCn2cnc(/C=C3\CCCN(C(=O)OC(C)(C)C)C3=O)c2C1. The Hall–Kier alpha value is -2.84. The molecule has 0 bridgehead atoms. The lowest BCUT2D eigenvalue weighted by Gasteiger charge is -2.31. The number of carbonyl (C=O) groups is 3. The van der Waals surface area contributed by atoms with E-state index in [4.69, 9.17) is 9.47 Å². The van der Waals surface area contributed by atoms with Gasteiger partial charge < -0.3 is 18.9 Å². The number of carbonyl (C=O) groups excluding carboxylic acids is 3. The van der Waals surface area contributed by atoms with Crippen molar-refractivity contribution < 1.29 is 23.9 Å². The molecule has 9 heteroatoms. The maximum Gasteiger partial charge on any atom is 0.417 e. The normalized spacial score (nSPS) is 18.8. The van der Waals surface area contributed by atoms with Gasteiger partial charge in [0.2, 0.25) is 0 Å². The molecule has 3 rings (SSSR count). The number of nitrogens with zero attached hydrogens (tertiary/aromatic N) is 4. The third kappa shape index (κ3) is 5.65. The molecule has 0 saturated carbocycles. The standard InChI is InChI=1S/C22H32N4O5/c1-21(2,3)30-19(28)24-10-11-25-14-23-16(17(25)13-24)12-15-8-7-9-26(18(15)27)20(29)31-22(4,5)6/h12,14H,7-11,13H2,1-6H3/b15-12+. The lowest BCUT2D eigenvalue weighted by molar-refractivity contribution is -0.127. The molecule has 3 heterocycles. The third-order valence-electron chi connectivity index (χ3n) is 4.85. The molecule has 31 heavy (non-hydrogen) atoms. The molecule has 0 aromatic carbocycles. The molecule has 1 aromatic rings. The fraction of sp³-hybridized carbons (Fsp3) is 0.636. The van der Waals surface area contributed by atoms with Crippen molar-refractivity contribution >= 4 is 24.2 Å². The summed E-state index contributed by atoms with van der Waals surface area (Å²) in [7, 11) is 0. The first-order valence-electron chi connectivity index (χ1n) is 10.6. The summed E-state index contributed by atoms with van der Waals surface area (Å²) in [4.78, 5) is 45.0. The van der Waals surface area contributed by atoms with Crippen molar-refractivity contribution in [2.24, 2.45) is 0 Å². The number of imide groups is 1. The van der Waals surface area contributed by atoms with E-state index in [0.717, 1.165) is 10.6 Å². The van der Waals surface area contributed by atoms with Crippen molar-refractivity contribution in [1.82, 2.24) is 19.4 Å². The first kappa shape index (κ1) is 22.8. The molecule has 170 valence electrons. The Kier molecular flexibility index (Phi) is 6.16. The van der Waals surface area contributed by atoms with E-state index in [-0.39, 0.29) is 12.0 Å². The second kappa shape index (κ2) is 8.36. The van der Waals surface area contributed by atoms with Crippen LogP contribution in [0, 0.1) is 0 Å². The molecule has 9 nitrogen and oxygen atoms in total. The van der Waals surface area contributed by atoms with E-state index < -0.39 is 17.3 Å². The summed E-state index contributed by atoms with van der Waals surface area (Å²) in [5.41, 5.74) is 0.730. The van der Waals surface area contributed by atoms with Crippen LogP contribution in [0.1, 0.15) is 65.8 Å². The number of rotatable bonds is 1. The van der Waals surface area contributed by atoms with Crippen molar-refractivity contribution in [2.75, 3.05) is 13.1 Å². The Morgan fingerprint density at radius 2 is 1.65 bits per heavy atom. The highest BCUT2D eigenvalue weighted by Crippen LogP contribution is 2.25. The largest absolute Gasteiger partial charge is 0.444 e. The van der Waals surface area contributed by atoms with Crippen molar-refractivity contribution in [3.05, 3.63) is 23.3 Å². The molecule has 3 amide bonds. The molecule has 0 unspecified atom stereocenters. The van der Waals surface area contributed by atoms with Crippen LogP contribution in [0.3, 0.4) is 0 Å². The Morgan fingerprint density at radius 3 is 2.29 bits per heavy atom. The number of aromatic nitrogens is 2. The summed E-state index contributed by atoms with van der Waals surface area (Å²) in [6.45, 7) is 12.6. The number of hydrogen-bond acceptors (Lipinski definition) is 6. The molecule has 2 aliphatic heterocycles. The zero-order valence-electron chi connectivity index (χ0n) is 19.2. The first-order valence-corrected chi connectivity index (χ1v) is 10.6. The molecule has 0 aliphatic carbocycles. The van der Waals surface area contributed by atoms with Crippen LogP contribution in [-0.2, 0) is 27.4 Å². The molecule has 0 atom stereocenters. The van der Waals surface area contributed by atoms with Gasteiger partial charge in [-0.1, -0.05) is 0 Å². The second-order valence-corrected chi connectivity index (χ2v) is 9.88. The van der Waals surface area contributed by atoms with Gasteiger partial charge >= 0.3 is 12.2 Å². The van der Waals surface area contributed by atoms with E-state index in [1.807, 2.05) is 25.3 Å². The van der Waals surface area contributed by atoms with Gasteiger partial charge in [0, 0.05) is 25.2 Å². The molecule has 1 fully saturated rings. The summed E-state index contributed by atoms with van der Waals surface area (Å²) >= 11 is 0. The minimum Gasteiger partial charge on any atom is -0.444 e. The van der Waals surface area contributed by atoms with Crippen molar-refractivity contribution in [3.63, 3.8) is 0 Å². The fourth-order valence-corrected chi connectivity index (χ4v) is 3.48. The van der Waals surface area contributed by atoms with Crippen LogP contribution < -0.4 is 0 Å². The number of imidazole rings is 1. The lowest BCUT2D eigenvalue weighted by atomic mass is 10.0. The van der Waals surface area contributed by atoms with Crippen LogP contribution in [0.2, 0.25) is 0 Å². The predicted octanol–water partition coefficient (Wildman–Crippen LogP) is 3.57. The summed E-state index contributed by atoms with van der Waals surface area (Å²) in [5.74, 6) is -0.359. The van der Waals surface area contributed by atoms with E-state index in [1.165, 1.54) is 0 Å². The smallest absolute Gasteiger partial charge is 0.417 e. The average Bonchev–Trinajstić information content (AvgIpc) is 3.02. The minimum atomic E-state index is -0.674. The van der Waals surface area contributed by atoms with Gasteiger partial charge in [-0.3, -0.25) is 4.79 Å². The van der Waals surface area contributed by atoms with Crippen LogP contribution >= 0.6 is 0 Å². The van der Waals surface area contributed by atoms with Gasteiger partial charge in [0.05, 0.1) is 24.3 Å². The Morgan fingerprint density at radius 1 is 1.00 bits per heavy atom. The predicted molar refractivity (Wildman–Crippen MR) is 114 cm³/mol. The Bertz CT molecular complexity index is 904. The zero-order valence-corrected chi connectivity index (χ0v) is 19.2. The number of likely N-dealkylation sites (tertiary alicyclic amines) is 1. The van der Waals surface area contributed by atoms with Gasteiger partial charge in [-0.25, -0.2) is 19.5 Å². The van der Waals surface area contributed by atoms with E-state index in [2.05, 4.69) is 4.98 Å². The van der Waals surface area contributed by atoms with E-state index in [1.54, 1.807) is 38.1 Å².